The summed E-state index contributed by atoms with van der Waals surface area (Å²) in [6.07, 6.45) is 3.05. The Labute approximate surface area is 199 Å². The molecule has 2 aliphatic heterocycles. The number of benzene rings is 1. The number of halogens is 1. The zero-order valence-corrected chi connectivity index (χ0v) is 19.5. The topological polar surface area (TPSA) is 80.4 Å². The summed E-state index contributed by atoms with van der Waals surface area (Å²) in [6.45, 7) is 8.94. The molecule has 2 atom stereocenters. The lowest BCUT2D eigenvalue weighted by Gasteiger charge is -2.30. The van der Waals surface area contributed by atoms with Crippen molar-refractivity contribution in [3.8, 4) is 11.3 Å². The number of aliphatic hydroxyl groups is 1. The molecule has 0 bridgehead atoms. The van der Waals surface area contributed by atoms with Gasteiger partial charge >= 0.3 is 0 Å². The summed E-state index contributed by atoms with van der Waals surface area (Å²) in [6, 6.07) is 6.58. The van der Waals surface area contributed by atoms with Gasteiger partial charge in [-0.3, -0.25) is 4.90 Å². The van der Waals surface area contributed by atoms with Crippen molar-refractivity contribution in [2.75, 3.05) is 64.1 Å². The first kappa shape index (κ1) is 24.8. The average molecular weight is 476 g/mol. The maximum Gasteiger partial charge on any atom is 0.232 e. The molecule has 0 amide bonds. The minimum Gasteiger partial charge on any atom is -0.389 e. The van der Waals surface area contributed by atoms with E-state index in [9.17, 15) is 9.50 Å². The van der Waals surface area contributed by atoms with Gasteiger partial charge in [-0.25, -0.2) is 4.39 Å². The standard InChI is InChI=1S/C25H34FN3O5/c1-2-11-32-18-19(30)15-28(16-20-6-5-12-33-20)17-22-24(21-7-3-4-8-23(21)26)27-34-25(22)29-9-13-31-14-10-29/h2-4,7-8,19-20,30H,1,5-6,9-18H2/t19-,20+/m0/s1. The van der Waals surface area contributed by atoms with Gasteiger partial charge in [0.1, 0.15) is 11.5 Å². The molecule has 0 unspecified atom stereocenters. The van der Waals surface area contributed by atoms with E-state index in [1.807, 2.05) is 0 Å². The van der Waals surface area contributed by atoms with Crippen LogP contribution in [0.25, 0.3) is 11.3 Å². The van der Waals surface area contributed by atoms with Crippen LogP contribution in [0.2, 0.25) is 0 Å². The van der Waals surface area contributed by atoms with Gasteiger partial charge in [-0.05, 0) is 25.0 Å². The summed E-state index contributed by atoms with van der Waals surface area (Å²) in [5.74, 6) is 0.269. The molecule has 2 aromatic rings. The molecule has 2 aliphatic rings. The smallest absolute Gasteiger partial charge is 0.232 e. The van der Waals surface area contributed by atoms with E-state index in [0.717, 1.165) is 25.0 Å². The van der Waals surface area contributed by atoms with E-state index >= 15 is 0 Å². The molecule has 9 heteroatoms. The summed E-state index contributed by atoms with van der Waals surface area (Å²) < 4.78 is 37.4. The van der Waals surface area contributed by atoms with Gasteiger partial charge in [0.05, 0.1) is 44.2 Å². The number of morpholine rings is 1. The van der Waals surface area contributed by atoms with Crippen molar-refractivity contribution in [1.82, 2.24) is 10.1 Å². The van der Waals surface area contributed by atoms with Gasteiger partial charge in [-0.1, -0.05) is 23.4 Å². The first-order valence-electron chi connectivity index (χ1n) is 11.9. The second-order valence-electron chi connectivity index (χ2n) is 8.70. The Morgan fingerprint density at radius 2 is 2.12 bits per heavy atom. The number of ether oxygens (including phenoxy) is 3. The lowest BCUT2D eigenvalue weighted by Crippen LogP contribution is -2.40. The molecule has 1 N–H and O–H groups in total. The van der Waals surface area contributed by atoms with Crippen LogP contribution >= 0.6 is 0 Å². The van der Waals surface area contributed by atoms with Crippen LogP contribution in [0.4, 0.5) is 10.3 Å². The second kappa shape index (κ2) is 12.4. The molecular formula is C25H34FN3O5. The molecule has 186 valence electrons. The molecule has 3 heterocycles. The van der Waals surface area contributed by atoms with Crippen molar-refractivity contribution >= 4 is 5.88 Å². The van der Waals surface area contributed by atoms with Gasteiger partial charge in [0.15, 0.2) is 0 Å². The highest BCUT2D eigenvalue weighted by Gasteiger charge is 2.29. The highest BCUT2D eigenvalue weighted by molar-refractivity contribution is 5.68. The van der Waals surface area contributed by atoms with Crippen LogP contribution < -0.4 is 4.90 Å². The fourth-order valence-corrected chi connectivity index (χ4v) is 4.46. The van der Waals surface area contributed by atoms with Gasteiger partial charge < -0.3 is 28.7 Å². The van der Waals surface area contributed by atoms with Gasteiger partial charge in [0, 0.05) is 44.9 Å². The maximum atomic E-state index is 14.7. The Morgan fingerprint density at radius 1 is 1.29 bits per heavy atom. The van der Waals surface area contributed by atoms with Gasteiger partial charge in [0.25, 0.3) is 0 Å². The van der Waals surface area contributed by atoms with E-state index in [2.05, 4.69) is 21.5 Å². The van der Waals surface area contributed by atoms with E-state index in [1.165, 1.54) is 6.07 Å². The average Bonchev–Trinajstić information content (AvgIpc) is 3.50. The minimum atomic E-state index is -0.690. The molecule has 1 aromatic carbocycles. The first-order valence-corrected chi connectivity index (χ1v) is 11.9. The Hall–Kier alpha value is -2.30. The summed E-state index contributed by atoms with van der Waals surface area (Å²) >= 11 is 0. The monoisotopic (exact) mass is 475 g/mol. The zero-order valence-electron chi connectivity index (χ0n) is 19.5. The number of aromatic nitrogens is 1. The van der Waals surface area contributed by atoms with Gasteiger partial charge in [-0.2, -0.15) is 0 Å². The molecule has 0 aliphatic carbocycles. The lowest BCUT2D eigenvalue weighted by atomic mass is 10.1. The second-order valence-corrected chi connectivity index (χ2v) is 8.70. The van der Waals surface area contributed by atoms with Crippen molar-refractivity contribution in [2.45, 2.75) is 31.6 Å². The Kier molecular flexibility index (Phi) is 9.06. The first-order chi connectivity index (χ1) is 16.7. The fourth-order valence-electron chi connectivity index (χ4n) is 4.46. The molecule has 2 saturated heterocycles. The number of hydrogen-bond acceptors (Lipinski definition) is 8. The van der Waals surface area contributed by atoms with Gasteiger partial charge in [-0.15, -0.1) is 6.58 Å². The number of rotatable bonds is 12. The van der Waals surface area contributed by atoms with Crippen molar-refractivity contribution in [1.29, 1.82) is 0 Å². The zero-order chi connectivity index (χ0) is 23.8. The number of nitrogens with zero attached hydrogens (tertiary/aromatic N) is 3. The highest BCUT2D eigenvalue weighted by Crippen LogP contribution is 2.34. The minimum absolute atomic E-state index is 0.0879. The number of hydrogen-bond donors (Lipinski definition) is 1. The number of anilines is 1. The van der Waals surface area contributed by atoms with E-state index in [1.54, 1.807) is 24.3 Å². The predicted molar refractivity (Wildman–Crippen MR) is 126 cm³/mol. The lowest BCUT2D eigenvalue weighted by molar-refractivity contribution is 0.00857. The molecule has 0 radical (unpaired) electrons. The van der Waals surface area contributed by atoms with Crippen LogP contribution in [0.3, 0.4) is 0 Å². The molecule has 34 heavy (non-hydrogen) atoms. The normalized spacial score (nSPS) is 19.6. The Balaban J connectivity index is 1.61. The van der Waals surface area contributed by atoms with E-state index in [4.69, 9.17) is 18.7 Å². The van der Waals surface area contributed by atoms with Crippen molar-refractivity contribution in [2.24, 2.45) is 0 Å². The molecule has 0 spiro atoms. The third-order valence-corrected chi connectivity index (χ3v) is 6.08. The summed E-state index contributed by atoms with van der Waals surface area (Å²) in [5.41, 5.74) is 1.67. The van der Waals surface area contributed by atoms with Crippen molar-refractivity contribution < 1.29 is 28.2 Å². The van der Waals surface area contributed by atoms with Crippen LogP contribution in [-0.4, -0.2) is 86.6 Å². The largest absolute Gasteiger partial charge is 0.389 e. The van der Waals surface area contributed by atoms with E-state index < -0.39 is 6.10 Å². The summed E-state index contributed by atoms with van der Waals surface area (Å²) in [4.78, 5) is 4.21. The Bertz CT molecular complexity index is 912. The van der Waals surface area contributed by atoms with Crippen LogP contribution in [0.5, 0.6) is 0 Å². The molecular weight excluding hydrogens is 441 g/mol. The van der Waals surface area contributed by atoms with Crippen LogP contribution in [0.1, 0.15) is 18.4 Å². The SMILES string of the molecule is C=CCOC[C@@H](O)CN(Cc1c(-c2ccccc2F)noc1N1CCOCC1)C[C@H]1CCCO1. The Morgan fingerprint density at radius 3 is 2.85 bits per heavy atom. The maximum absolute atomic E-state index is 14.7. The summed E-state index contributed by atoms with van der Waals surface area (Å²) in [7, 11) is 0. The third-order valence-electron chi connectivity index (χ3n) is 6.08. The van der Waals surface area contributed by atoms with Crippen molar-refractivity contribution in [3.05, 3.63) is 48.3 Å². The van der Waals surface area contributed by atoms with Crippen LogP contribution in [0, 0.1) is 5.82 Å². The molecule has 1 aromatic heterocycles. The van der Waals surface area contributed by atoms with E-state index in [0.29, 0.717) is 69.7 Å². The molecule has 8 nitrogen and oxygen atoms in total. The quantitative estimate of drug-likeness (QED) is 0.371. The fraction of sp³-hybridized carbons (Fsp3) is 0.560. The van der Waals surface area contributed by atoms with Crippen LogP contribution in [-0.2, 0) is 20.8 Å². The van der Waals surface area contributed by atoms with Crippen molar-refractivity contribution in [3.63, 3.8) is 0 Å². The van der Waals surface area contributed by atoms with Gasteiger partial charge in [0.2, 0.25) is 5.88 Å². The highest BCUT2D eigenvalue weighted by atomic mass is 19.1. The number of aliphatic hydroxyl groups excluding tert-OH is 1. The molecule has 2 fully saturated rings. The van der Waals surface area contributed by atoms with E-state index in [-0.39, 0.29) is 18.5 Å². The summed E-state index contributed by atoms with van der Waals surface area (Å²) in [5, 5.41) is 14.9. The molecule has 4 rings (SSSR count). The third kappa shape index (κ3) is 6.43. The van der Waals surface area contributed by atoms with Crippen LogP contribution in [0.15, 0.2) is 41.4 Å². The molecule has 0 saturated carbocycles. The predicted octanol–water partition coefficient (Wildman–Crippen LogP) is 2.86.